The minimum absolute atomic E-state index is 0.193. The molecule has 3 rings (SSSR count). The number of ether oxygens (including phenoxy) is 1. The van der Waals surface area contributed by atoms with E-state index in [-0.39, 0.29) is 16.9 Å². The van der Waals surface area contributed by atoms with Gasteiger partial charge in [-0.3, -0.25) is 14.5 Å². The smallest absolute Gasteiger partial charge is 0.259 e. The number of hydrogen-bond donors (Lipinski definition) is 1. The molecule has 25 heavy (non-hydrogen) atoms. The van der Waals surface area contributed by atoms with Crippen LogP contribution in [0.2, 0.25) is 0 Å². The Kier molecular flexibility index (Phi) is 5.50. The first-order chi connectivity index (χ1) is 12.1. The maximum Gasteiger partial charge on any atom is 0.259 e. The van der Waals surface area contributed by atoms with Crippen molar-refractivity contribution in [2.45, 2.75) is 6.92 Å². The number of benzene rings is 1. The summed E-state index contributed by atoms with van der Waals surface area (Å²) in [5, 5.41) is 0. The molecule has 1 aromatic carbocycles. The SMILES string of the molecule is Cc1cc(=O)c(C(=O)N2CCN(CCOc3ccccc3)CC2)c[nH]1. The van der Waals surface area contributed by atoms with Crippen LogP contribution in [-0.2, 0) is 0 Å². The average molecular weight is 341 g/mol. The standard InChI is InChI=1S/C19H23N3O3/c1-15-13-18(23)17(14-20-15)19(24)22-9-7-21(8-10-22)11-12-25-16-5-3-2-4-6-16/h2-6,13-14H,7-12H2,1H3,(H,20,23). The summed E-state index contributed by atoms with van der Waals surface area (Å²) < 4.78 is 5.71. The lowest BCUT2D eigenvalue weighted by Crippen LogP contribution is -2.50. The lowest BCUT2D eigenvalue weighted by Gasteiger charge is -2.34. The maximum absolute atomic E-state index is 12.5. The third kappa shape index (κ3) is 4.48. The second-order valence-electron chi connectivity index (χ2n) is 6.19. The Hall–Kier alpha value is -2.60. The van der Waals surface area contributed by atoms with Crippen LogP contribution in [0, 0.1) is 6.92 Å². The number of nitrogens with one attached hydrogen (secondary N) is 1. The summed E-state index contributed by atoms with van der Waals surface area (Å²) in [5.41, 5.74) is 0.746. The molecule has 0 saturated carbocycles. The van der Waals surface area contributed by atoms with E-state index in [2.05, 4.69) is 9.88 Å². The van der Waals surface area contributed by atoms with Gasteiger partial charge in [-0.2, -0.15) is 0 Å². The number of carbonyl (C=O) groups is 1. The van der Waals surface area contributed by atoms with E-state index in [1.165, 1.54) is 12.3 Å². The molecule has 0 atom stereocenters. The minimum Gasteiger partial charge on any atom is -0.492 e. The van der Waals surface area contributed by atoms with Crippen molar-refractivity contribution in [3.05, 3.63) is 64.1 Å². The fourth-order valence-electron chi connectivity index (χ4n) is 2.89. The topological polar surface area (TPSA) is 65.6 Å². The second kappa shape index (κ2) is 7.98. The van der Waals surface area contributed by atoms with E-state index in [0.29, 0.717) is 19.7 Å². The van der Waals surface area contributed by atoms with Crippen LogP contribution in [-0.4, -0.2) is 60.0 Å². The highest BCUT2D eigenvalue weighted by Gasteiger charge is 2.23. The van der Waals surface area contributed by atoms with E-state index < -0.39 is 0 Å². The van der Waals surface area contributed by atoms with Crippen molar-refractivity contribution >= 4 is 5.91 Å². The Labute approximate surface area is 147 Å². The molecule has 2 aromatic rings. The largest absolute Gasteiger partial charge is 0.492 e. The molecule has 6 heteroatoms. The molecule has 1 aliphatic rings. The molecule has 0 unspecified atom stereocenters. The van der Waals surface area contributed by atoms with Gasteiger partial charge in [-0.1, -0.05) is 18.2 Å². The number of nitrogens with zero attached hydrogens (tertiary/aromatic N) is 2. The van der Waals surface area contributed by atoms with Gasteiger partial charge in [0.25, 0.3) is 5.91 Å². The van der Waals surface area contributed by atoms with Gasteiger partial charge in [-0.05, 0) is 19.1 Å². The summed E-state index contributed by atoms with van der Waals surface area (Å²) in [6.07, 6.45) is 1.51. The van der Waals surface area contributed by atoms with Crippen LogP contribution in [0.5, 0.6) is 5.75 Å². The average Bonchev–Trinajstić information content (AvgIpc) is 2.63. The molecule has 0 aliphatic carbocycles. The van der Waals surface area contributed by atoms with Crippen LogP contribution in [0.15, 0.2) is 47.4 Å². The number of rotatable bonds is 5. The molecular formula is C19H23N3O3. The molecule has 1 saturated heterocycles. The lowest BCUT2D eigenvalue weighted by molar-refractivity contribution is 0.0618. The first kappa shape index (κ1) is 17.2. The van der Waals surface area contributed by atoms with Gasteiger partial charge in [-0.15, -0.1) is 0 Å². The van der Waals surface area contributed by atoms with E-state index in [1.54, 1.807) is 11.8 Å². The van der Waals surface area contributed by atoms with Gasteiger partial charge in [0.15, 0.2) is 5.43 Å². The van der Waals surface area contributed by atoms with E-state index in [1.807, 2.05) is 30.3 Å². The number of carbonyl (C=O) groups excluding carboxylic acids is 1. The molecule has 6 nitrogen and oxygen atoms in total. The van der Waals surface area contributed by atoms with Crippen LogP contribution in [0.3, 0.4) is 0 Å². The van der Waals surface area contributed by atoms with Gasteiger partial charge < -0.3 is 14.6 Å². The Bertz CT molecular complexity index is 765. The van der Waals surface area contributed by atoms with Gasteiger partial charge in [0.2, 0.25) is 0 Å². The number of aryl methyl sites for hydroxylation is 1. The van der Waals surface area contributed by atoms with Crippen molar-refractivity contribution < 1.29 is 9.53 Å². The normalized spacial score (nSPS) is 15.2. The number of piperazine rings is 1. The third-order valence-corrected chi connectivity index (χ3v) is 4.37. The Morgan fingerprint density at radius 1 is 1.16 bits per heavy atom. The predicted octanol–water partition coefficient (Wildman–Crippen LogP) is 1.52. The second-order valence-corrected chi connectivity index (χ2v) is 6.19. The van der Waals surface area contributed by atoms with Crippen LogP contribution in [0.1, 0.15) is 16.1 Å². The van der Waals surface area contributed by atoms with Gasteiger partial charge in [0, 0.05) is 50.7 Å². The zero-order valence-electron chi connectivity index (χ0n) is 14.4. The van der Waals surface area contributed by atoms with Crippen molar-refractivity contribution in [1.29, 1.82) is 0 Å². The van der Waals surface area contributed by atoms with Crippen LogP contribution in [0.25, 0.3) is 0 Å². The minimum atomic E-state index is -0.222. The molecule has 1 amide bonds. The maximum atomic E-state index is 12.5. The summed E-state index contributed by atoms with van der Waals surface area (Å²) in [6, 6.07) is 11.2. The van der Waals surface area contributed by atoms with E-state index >= 15 is 0 Å². The number of amides is 1. The number of H-pyrrole nitrogens is 1. The number of aromatic nitrogens is 1. The molecule has 132 valence electrons. The Balaban J connectivity index is 1.46. The Morgan fingerprint density at radius 3 is 2.56 bits per heavy atom. The first-order valence-corrected chi connectivity index (χ1v) is 8.52. The molecule has 0 radical (unpaired) electrons. The fourth-order valence-corrected chi connectivity index (χ4v) is 2.89. The van der Waals surface area contributed by atoms with Gasteiger partial charge in [0.1, 0.15) is 17.9 Å². The van der Waals surface area contributed by atoms with E-state index in [4.69, 9.17) is 4.74 Å². The molecule has 0 spiro atoms. The Morgan fingerprint density at radius 2 is 1.88 bits per heavy atom. The van der Waals surface area contributed by atoms with Crippen LogP contribution < -0.4 is 10.2 Å². The summed E-state index contributed by atoms with van der Waals surface area (Å²) >= 11 is 0. The van der Waals surface area contributed by atoms with E-state index in [0.717, 1.165) is 31.1 Å². The number of hydrogen-bond acceptors (Lipinski definition) is 4. The predicted molar refractivity (Wildman–Crippen MR) is 96.1 cm³/mol. The summed E-state index contributed by atoms with van der Waals surface area (Å²) in [4.78, 5) is 31.4. The molecule has 1 fully saturated rings. The highest BCUT2D eigenvalue weighted by atomic mass is 16.5. The molecule has 1 N–H and O–H groups in total. The molecule has 1 aromatic heterocycles. The van der Waals surface area contributed by atoms with Crippen molar-refractivity contribution in [3.8, 4) is 5.75 Å². The molecule has 2 heterocycles. The van der Waals surface area contributed by atoms with Crippen molar-refractivity contribution in [1.82, 2.24) is 14.8 Å². The van der Waals surface area contributed by atoms with Crippen LogP contribution >= 0.6 is 0 Å². The van der Waals surface area contributed by atoms with Crippen molar-refractivity contribution in [2.75, 3.05) is 39.3 Å². The third-order valence-electron chi connectivity index (χ3n) is 4.37. The number of para-hydroxylation sites is 1. The summed E-state index contributed by atoms with van der Waals surface area (Å²) in [7, 11) is 0. The van der Waals surface area contributed by atoms with Crippen molar-refractivity contribution in [2.24, 2.45) is 0 Å². The lowest BCUT2D eigenvalue weighted by atomic mass is 10.2. The van der Waals surface area contributed by atoms with Crippen LogP contribution in [0.4, 0.5) is 0 Å². The van der Waals surface area contributed by atoms with Crippen molar-refractivity contribution in [3.63, 3.8) is 0 Å². The first-order valence-electron chi connectivity index (χ1n) is 8.52. The highest BCUT2D eigenvalue weighted by Crippen LogP contribution is 2.09. The summed E-state index contributed by atoms with van der Waals surface area (Å²) in [5.74, 6) is 0.677. The molecule has 1 aliphatic heterocycles. The number of pyridine rings is 1. The number of aromatic amines is 1. The monoisotopic (exact) mass is 341 g/mol. The zero-order valence-corrected chi connectivity index (χ0v) is 14.4. The summed E-state index contributed by atoms with van der Waals surface area (Å²) in [6.45, 7) is 6.06. The quantitative estimate of drug-likeness (QED) is 0.895. The van der Waals surface area contributed by atoms with Gasteiger partial charge in [0.05, 0.1) is 0 Å². The molecular weight excluding hydrogens is 318 g/mol. The molecule has 0 bridgehead atoms. The van der Waals surface area contributed by atoms with Gasteiger partial charge >= 0.3 is 0 Å². The van der Waals surface area contributed by atoms with E-state index in [9.17, 15) is 9.59 Å². The van der Waals surface area contributed by atoms with Gasteiger partial charge in [-0.25, -0.2) is 0 Å². The fraction of sp³-hybridized carbons (Fsp3) is 0.368. The highest BCUT2D eigenvalue weighted by molar-refractivity contribution is 5.93. The zero-order chi connectivity index (χ0) is 17.6.